The molecule has 0 spiro atoms. The number of nitrogens with one attached hydrogen (secondary N) is 1. The van der Waals surface area contributed by atoms with E-state index in [0.717, 1.165) is 36.6 Å². The zero-order valence-electron chi connectivity index (χ0n) is 19.4. The van der Waals surface area contributed by atoms with Crippen molar-refractivity contribution >= 4 is 22.9 Å². The van der Waals surface area contributed by atoms with Crippen LogP contribution >= 0.6 is 0 Å². The molecule has 33 heavy (non-hydrogen) atoms. The van der Waals surface area contributed by atoms with Crippen LogP contribution < -0.4 is 10.2 Å². The van der Waals surface area contributed by atoms with Gasteiger partial charge in [-0.25, -0.2) is 0 Å². The summed E-state index contributed by atoms with van der Waals surface area (Å²) in [5, 5.41) is 3.77. The number of benzene rings is 3. The fourth-order valence-corrected chi connectivity index (χ4v) is 5.35. The van der Waals surface area contributed by atoms with Crippen molar-refractivity contribution in [3.63, 3.8) is 0 Å². The molecule has 1 saturated carbocycles. The molecule has 1 heterocycles. The van der Waals surface area contributed by atoms with Gasteiger partial charge in [-0.15, -0.1) is 0 Å². The van der Waals surface area contributed by atoms with Gasteiger partial charge >= 0.3 is 0 Å². The van der Waals surface area contributed by atoms with Gasteiger partial charge in [0.25, 0.3) is 0 Å². The maximum atomic E-state index is 13.7. The Bertz CT molecular complexity index is 1150. The van der Waals surface area contributed by atoms with E-state index in [1.807, 2.05) is 12.1 Å². The lowest BCUT2D eigenvalue weighted by Crippen LogP contribution is -2.49. The quantitative estimate of drug-likeness (QED) is 0.564. The molecule has 0 aromatic heterocycles. The number of Topliss-reactive ketones (excluding diaryl/α,β-unsaturated/α-hetero) is 1. The van der Waals surface area contributed by atoms with Crippen molar-refractivity contribution in [1.29, 1.82) is 0 Å². The van der Waals surface area contributed by atoms with E-state index in [1.165, 1.54) is 16.8 Å². The van der Waals surface area contributed by atoms with Gasteiger partial charge in [0, 0.05) is 37.7 Å². The van der Waals surface area contributed by atoms with Crippen LogP contribution in [0, 0.1) is 0 Å². The van der Waals surface area contributed by atoms with E-state index in [4.69, 9.17) is 4.99 Å². The Kier molecular flexibility index (Phi) is 6.10. The van der Waals surface area contributed by atoms with Crippen molar-refractivity contribution in [2.45, 2.75) is 44.7 Å². The average Bonchev–Trinajstić information content (AvgIpc) is 3.05. The number of carbonyl (C=O) groups is 1. The second-order valence-corrected chi connectivity index (χ2v) is 8.91. The van der Waals surface area contributed by atoms with E-state index in [9.17, 15) is 4.79 Å². The SMILES string of the molecule is CCN(CC)c1ccc(C2C(=O)CC(c3ccccc3)C3NCc4ccccc4N=C23)cc1. The zero-order chi connectivity index (χ0) is 22.8. The van der Waals surface area contributed by atoms with Crippen LogP contribution in [0.4, 0.5) is 11.4 Å². The molecule has 3 unspecified atom stereocenters. The first kappa shape index (κ1) is 21.6. The number of hydrogen-bond donors (Lipinski definition) is 1. The number of rotatable bonds is 5. The molecule has 2 aliphatic rings. The van der Waals surface area contributed by atoms with E-state index >= 15 is 0 Å². The van der Waals surface area contributed by atoms with Gasteiger partial charge in [0.15, 0.2) is 0 Å². The van der Waals surface area contributed by atoms with Crippen LogP contribution in [0.15, 0.2) is 83.9 Å². The Morgan fingerprint density at radius 1 is 0.879 bits per heavy atom. The third kappa shape index (κ3) is 4.11. The average molecular weight is 438 g/mol. The highest BCUT2D eigenvalue weighted by Gasteiger charge is 2.43. The second-order valence-electron chi connectivity index (χ2n) is 8.91. The van der Waals surface area contributed by atoms with Crippen molar-refractivity contribution < 1.29 is 4.79 Å². The van der Waals surface area contributed by atoms with E-state index in [2.05, 4.69) is 90.8 Å². The molecule has 0 radical (unpaired) electrons. The molecule has 0 amide bonds. The number of hydrogen-bond acceptors (Lipinski definition) is 4. The van der Waals surface area contributed by atoms with Crippen LogP contribution in [-0.2, 0) is 11.3 Å². The summed E-state index contributed by atoms with van der Waals surface area (Å²) in [4.78, 5) is 21.1. The summed E-state index contributed by atoms with van der Waals surface area (Å²) in [6.45, 7) is 7.01. The molecule has 5 rings (SSSR count). The number of fused-ring (bicyclic) bond motifs is 2. The third-order valence-electron chi connectivity index (χ3n) is 7.10. The molecule has 168 valence electrons. The molecule has 1 fully saturated rings. The van der Waals surface area contributed by atoms with Gasteiger partial charge in [-0.2, -0.15) is 0 Å². The van der Waals surface area contributed by atoms with Crippen molar-refractivity contribution in [1.82, 2.24) is 5.32 Å². The van der Waals surface area contributed by atoms with Gasteiger partial charge in [-0.1, -0.05) is 60.7 Å². The van der Waals surface area contributed by atoms with Gasteiger partial charge in [-0.05, 0) is 48.7 Å². The van der Waals surface area contributed by atoms with Crippen LogP contribution in [-0.4, -0.2) is 30.6 Å². The summed E-state index contributed by atoms with van der Waals surface area (Å²) >= 11 is 0. The van der Waals surface area contributed by atoms with Crippen molar-refractivity contribution in [2.24, 2.45) is 4.99 Å². The molecular weight excluding hydrogens is 406 g/mol. The molecule has 1 aliphatic heterocycles. The summed E-state index contributed by atoms with van der Waals surface area (Å²) in [5.41, 5.74) is 6.50. The van der Waals surface area contributed by atoms with Crippen LogP contribution in [0.1, 0.15) is 48.8 Å². The monoisotopic (exact) mass is 437 g/mol. The number of anilines is 1. The maximum absolute atomic E-state index is 13.7. The lowest BCUT2D eigenvalue weighted by atomic mass is 9.70. The third-order valence-corrected chi connectivity index (χ3v) is 7.10. The second kappa shape index (κ2) is 9.32. The lowest BCUT2D eigenvalue weighted by Gasteiger charge is -2.37. The number of nitrogens with zero attached hydrogens (tertiary/aromatic N) is 2. The Balaban J connectivity index is 1.58. The summed E-state index contributed by atoms with van der Waals surface area (Å²) < 4.78 is 0. The highest BCUT2D eigenvalue weighted by molar-refractivity contribution is 6.16. The molecule has 3 aromatic rings. The highest BCUT2D eigenvalue weighted by atomic mass is 16.1. The van der Waals surface area contributed by atoms with Gasteiger partial charge in [0.05, 0.1) is 23.4 Å². The highest BCUT2D eigenvalue weighted by Crippen LogP contribution is 2.40. The fraction of sp³-hybridized carbons (Fsp3) is 0.310. The summed E-state index contributed by atoms with van der Waals surface area (Å²) in [5.74, 6) is 0.00737. The number of carbonyl (C=O) groups excluding carboxylic acids is 1. The minimum absolute atomic E-state index is 0.0185. The lowest BCUT2D eigenvalue weighted by molar-refractivity contribution is -0.120. The van der Waals surface area contributed by atoms with E-state index < -0.39 is 0 Å². The predicted octanol–water partition coefficient (Wildman–Crippen LogP) is 5.62. The van der Waals surface area contributed by atoms with Crippen LogP contribution in [0.25, 0.3) is 0 Å². The first-order valence-electron chi connectivity index (χ1n) is 12.0. The zero-order valence-corrected chi connectivity index (χ0v) is 19.4. The molecule has 3 aromatic carbocycles. The largest absolute Gasteiger partial charge is 0.372 e. The Morgan fingerprint density at radius 2 is 1.58 bits per heavy atom. The minimum Gasteiger partial charge on any atom is -0.372 e. The van der Waals surface area contributed by atoms with Gasteiger partial charge in [0.2, 0.25) is 0 Å². The number of aliphatic imine (C=N–C) groups is 1. The van der Waals surface area contributed by atoms with Crippen LogP contribution in [0.5, 0.6) is 0 Å². The van der Waals surface area contributed by atoms with Crippen molar-refractivity contribution in [3.05, 3.63) is 95.6 Å². The summed E-state index contributed by atoms with van der Waals surface area (Å²) in [6, 6.07) is 27.2. The molecule has 4 nitrogen and oxygen atoms in total. The van der Waals surface area contributed by atoms with Crippen LogP contribution in [0.2, 0.25) is 0 Å². The van der Waals surface area contributed by atoms with E-state index in [0.29, 0.717) is 6.42 Å². The molecule has 1 N–H and O–H groups in total. The van der Waals surface area contributed by atoms with Gasteiger partial charge < -0.3 is 10.2 Å². The Morgan fingerprint density at radius 3 is 2.30 bits per heavy atom. The van der Waals surface area contributed by atoms with Gasteiger partial charge in [-0.3, -0.25) is 9.79 Å². The van der Waals surface area contributed by atoms with Crippen molar-refractivity contribution in [2.75, 3.05) is 18.0 Å². The molecular formula is C29H31N3O. The van der Waals surface area contributed by atoms with E-state index in [-0.39, 0.29) is 23.7 Å². The molecule has 1 aliphatic carbocycles. The molecule has 0 saturated heterocycles. The van der Waals surface area contributed by atoms with Crippen LogP contribution in [0.3, 0.4) is 0 Å². The first-order valence-corrected chi connectivity index (χ1v) is 12.0. The number of para-hydroxylation sites is 1. The minimum atomic E-state index is -0.320. The number of ketones is 1. The molecule has 4 heteroatoms. The molecule has 0 bridgehead atoms. The summed E-state index contributed by atoms with van der Waals surface area (Å²) in [7, 11) is 0. The summed E-state index contributed by atoms with van der Waals surface area (Å²) in [6.07, 6.45) is 0.513. The smallest absolute Gasteiger partial charge is 0.146 e. The topological polar surface area (TPSA) is 44.7 Å². The van der Waals surface area contributed by atoms with E-state index in [1.54, 1.807) is 0 Å². The standard InChI is InChI=1S/C29H31N3O/c1-3-32(4-2)23-16-14-21(15-17-23)27-26(33)18-24(20-10-6-5-7-11-20)28-29(27)31-25-13-9-8-12-22(25)19-30-28/h5-17,24,27-28,30H,3-4,18-19H2,1-2H3. The van der Waals surface area contributed by atoms with Gasteiger partial charge in [0.1, 0.15) is 5.78 Å². The first-order chi connectivity index (χ1) is 16.2. The normalized spacial score (nSPS) is 22.1. The maximum Gasteiger partial charge on any atom is 0.146 e. The van der Waals surface area contributed by atoms with Crippen molar-refractivity contribution in [3.8, 4) is 0 Å². The Labute approximate surface area is 196 Å². The molecule has 3 atom stereocenters. The fourth-order valence-electron chi connectivity index (χ4n) is 5.35. The Hall–Kier alpha value is -3.24. The predicted molar refractivity (Wildman–Crippen MR) is 136 cm³/mol.